The molecule has 7 heteroatoms. The summed E-state index contributed by atoms with van der Waals surface area (Å²) in [7, 11) is 1.51. The Kier molecular flexibility index (Phi) is 3.21. The molecule has 0 saturated carbocycles. The van der Waals surface area contributed by atoms with Gasteiger partial charge in [-0.1, -0.05) is 23.7 Å². The summed E-state index contributed by atoms with van der Waals surface area (Å²) >= 11 is 5.79. The Hall–Kier alpha value is -1.69. The fourth-order valence-electron chi connectivity index (χ4n) is 1.50. The van der Waals surface area contributed by atoms with Crippen LogP contribution in [0.25, 0.3) is 11.3 Å². The molecule has 1 aromatic heterocycles. The molecule has 0 bridgehead atoms. The van der Waals surface area contributed by atoms with Gasteiger partial charge in [0.1, 0.15) is 5.69 Å². The van der Waals surface area contributed by atoms with Crippen LogP contribution in [0.5, 0.6) is 5.75 Å². The number of alkyl halides is 3. The lowest BCUT2D eigenvalue weighted by Crippen LogP contribution is -2.17. The third-order valence-electron chi connectivity index (χ3n) is 2.12. The van der Waals surface area contributed by atoms with E-state index in [1.165, 1.54) is 17.8 Å². The van der Waals surface area contributed by atoms with Crippen molar-refractivity contribution in [2.75, 3.05) is 0 Å². The number of rotatable bonds is 2. The third-order valence-corrected chi connectivity index (χ3v) is 2.35. The highest BCUT2D eigenvalue weighted by atomic mass is 35.5. The van der Waals surface area contributed by atoms with Crippen LogP contribution < -0.4 is 4.74 Å². The van der Waals surface area contributed by atoms with Crippen LogP contribution in [0.3, 0.4) is 0 Å². The topological polar surface area (TPSA) is 27.1 Å². The first-order valence-corrected chi connectivity index (χ1v) is 5.28. The van der Waals surface area contributed by atoms with E-state index < -0.39 is 6.36 Å². The lowest BCUT2D eigenvalue weighted by atomic mass is 10.1. The molecule has 3 nitrogen and oxygen atoms in total. The van der Waals surface area contributed by atoms with Gasteiger partial charge in [-0.05, 0) is 12.1 Å². The van der Waals surface area contributed by atoms with Crippen LogP contribution in [0.1, 0.15) is 0 Å². The Morgan fingerprint density at radius 2 is 2.06 bits per heavy atom. The van der Waals surface area contributed by atoms with Gasteiger partial charge in [-0.3, -0.25) is 4.68 Å². The van der Waals surface area contributed by atoms with Crippen molar-refractivity contribution in [2.45, 2.75) is 6.36 Å². The first-order chi connectivity index (χ1) is 8.35. The molecule has 0 atom stereocenters. The molecule has 0 radical (unpaired) electrons. The molecule has 18 heavy (non-hydrogen) atoms. The number of halogens is 4. The predicted octanol–water partition coefficient (Wildman–Crippen LogP) is 3.64. The van der Waals surface area contributed by atoms with Crippen LogP contribution in [0.2, 0.25) is 5.02 Å². The fourth-order valence-corrected chi connectivity index (χ4v) is 1.69. The quantitative estimate of drug-likeness (QED) is 0.837. The summed E-state index contributed by atoms with van der Waals surface area (Å²) in [5.41, 5.74) is 0.555. The van der Waals surface area contributed by atoms with Gasteiger partial charge in [-0.15, -0.1) is 13.2 Å². The average Bonchev–Trinajstić information content (AvgIpc) is 2.56. The second-order valence-corrected chi connectivity index (χ2v) is 4.01. The number of benzene rings is 1. The molecule has 0 aliphatic rings. The van der Waals surface area contributed by atoms with Gasteiger partial charge >= 0.3 is 6.36 Å². The molecule has 0 aliphatic heterocycles. The predicted molar refractivity (Wildman–Crippen MR) is 60.3 cm³/mol. The highest BCUT2D eigenvalue weighted by Gasteiger charge is 2.33. The zero-order chi connectivity index (χ0) is 13.3. The van der Waals surface area contributed by atoms with E-state index in [-0.39, 0.29) is 11.4 Å². The number of hydrogen-bond acceptors (Lipinski definition) is 2. The maximum atomic E-state index is 12.2. The minimum Gasteiger partial charge on any atom is -0.402 e. The minimum atomic E-state index is -4.75. The summed E-state index contributed by atoms with van der Waals surface area (Å²) in [5, 5.41) is 4.35. The van der Waals surface area contributed by atoms with Crippen LogP contribution in [0, 0.1) is 0 Å². The molecular formula is C11H8ClF3N2O. The maximum Gasteiger partial charge on any atom is 0.573 e. The number of nitrogens with zero attached hydrogens (tertiary/aromatic N) is 2. The van der Waals surface area contributed by atoms with Gasteiger partial charge in [0.05, 0.1) is 6.20 Å². The molecule has 0 fully saturated rings. The molecule has 0 aliphatic carbocycles. The molecule has 2 rings (SSSR count). The smallest absolute Gasteiger partial charge is 0.402 e. The molecular weight excluding hydrogens is 269 g/mol. The van der Waals surface area contributed by atoms with E-state index in [1.807, 2.05) is 0 Å². The van der Waals surface area contributed by atoms with Crippen LogP contribution in [-0.2, 0) is 7.05 Å². The number of ether oxygens (including phenoxy) is 1. The zero-order valence-corrected chi connectivity index (χ0v) is 9.96. The second kappa shape index (κ2) is 4.53. The van der Waals surface area contributed by atoms with E-state index in [4.69, 9.17) is 11.6 Å². The monoisotopic (exact) mass is 276 g/mol. The molecule has 1 heterocycles. The van der Waals surface area contributed by atoms with Crippen molar-refractivity contribution in [3.05, 3.63) is 35.5 Å². The van der Waals surface area contributed by atoms with Crippen molar-refractivity contribution in [2.24, 2.45) is 7.05 Å². The van der Waals surface area contributed by atoms with Gasteiger partial charge in [0.25, 0.3) is 0 Å². The Morgan fingerprint density at radius 1 is 1.33 bits per heavy atom. The lowest BCUT2D eigenvalue weighted by Gasteiger charge is -2.08. The van der Waals surface area contributed by atoms with Crippen LogP contribution in [-0.4, -0.2) is 16.1 Å². The Bertz CT molecular complexity index is 566. The number of hydrogen-bond donors (Lipinski definition) is 0. The van der Waals surface area contributed by atoms with Gasteiger partial charge in [-0.25, -0.2) is 0 Å². The summed E-state index contributed by atoms with van der Waals surface area (Å²) < 4.78 is 41.9. The van der Waals surface area contributed by atoms with Crippen LogP contribution in [0.15, 0.2) is 30.5 Å². The molecule has 0 amide bonds. The van der Waals surface area contributed by atoms with E-state index >= 15 is 0 Å². The SMILES string of the molecule is Cn1cc(OC(F)(F)F)c(-c2cccc(Cl)c2)n1. The van der Waals surface area contributed by atoms with Crippen molar-refractivity contribution in [1.29, 1.82) is 0 Å². The van der Waals surface area contributed by atoms with E-state index in [1.54, 1.807) is 18.2 Å². The van der Waals surface area contributed by atoms with E-state index in [9.17, 15) is 13.2 Å². The highest BCUT2D eigenvalue weighted by molar-refractivity contribution is 6.30. The molecule has 0 saturated heterocycles. The van der Waals surface area contributed by atoms with Gasteiger partial charge in [0, 0.05) is 17.6 Å². The van der Waals surface area contributed by atoms with Crippen LogP contribution in [0.4, 0.5) is 13.2 Å². The maximum absolute atomic E-state index is 12.2. The van der Waals surface area contributed by atoms with Gasteiger partial charge in [-0.2, -0.15) is 5.10 Å². The molecule has 0 unspecified atom stereocenters. The Balaban J connectivity index is 2.44. The van der Waals surface area contributed by atoms with Crippen molar-refractivity contribution in [3.8, 4) is 17.0 Å². The first-order valence-electron chi connectivity index (χ1n) is 4.90. The second-order valence-electron chi connectivity index (χ2n) is 3.57. The van der Waals surface area contributed by atoms with Gasteiger partial charge < -0.3 is 4.74 Å². The Labute approximate surface area is 106 Å². The van der Waals surface area contributed by atoms with E-state index in [0.29, 0.717) is 10.6 Å². The number of aryl methyl sites for hydroxylation is 1. The minimum absolute atomic E-state index is 0.0947. The van der Waals surface area contributed by atoms with Gasteiger partial charge in [0.2, 0.25) is 0 Å². The summed E-state index contributed by atoms with van der Waals surface area (Å²) in [6.45, 7) is 0. The van der Waals surface area contributed by atoms with Crippen molar-refractivity contribution < 1.29 is 17.9 Å². The van der Waals surface area contributed by atoms with Crippen molar-refractivity contribution in [3.63, 3.8) is 0 Å². The lowest BCUT2D eigenvalue weighted by molar-refractivity contribution is -0.274. The molecule has 0 N–H and O–H groups in total. The fraction of sp³-hybridized carbons (Fsp3) is 0.182. The molecule has 96 valence electrons. The standard InChI is InChI=1S/C11H8ClF3N2O/c1-17-6-9(18-11(13,14)15)10(16-17)7-3-2-4-8(12)5-7/h2-6H,1H3. The first kappa shape index (κ1) is 12.8. The Morgan fingerprint density at radius 3 is 2.67 bits per heavy atom. The molecule has 2 aromatic rings. The summed E-state index contributed by atoms with van der Waals surface area (Å²) in [5.74, 6) is -0.354. The highest BCUT2D eigenvalue weighted by Crippen LogP contribution is 2.33. The van der Waals surface area contributed by atoms with Crippen LogP contribution >= 0.6 is 11.6 Å². The molecule has 0 spiro atoms. The summed E-state index contributed by atoms with van der Waals surface area (Å²) in [6.07, 6.45) is -3.60. The largest absolute Gasteiger partial charge is 0.573 e. The average molecular weight is 277 g/mol. The zero-order valence-electron chi connectivity index (χ0n) is 9.20. The van der Waals surface area contributed by atoms with E-state index in [0.717, 1.165) is 6.20 Å². The van der Waals surface area contributed by atoms with Crippen molar-refractivity contribution >= 4 is 11.6 Å². The van der Waals surface area contributed by atoms with E-state index in [2.05, 4.69) is 9.84 Å². The normalized spacial score (nSPS) is 11.6. The summed E-state index contributed by atoms with van der Waals surface area (Å²) in [6, 6.07) is 6.38. The third kappa shape index (κ3) is 2.95. The summed E-state index contributed by atoms with van der Waals surface area (Å²) in [4.78, 5) is 0. The molecule has 1 aromatic carbocycles. The number of aromatic nitrogens is 2. The van der Waals surface area contributed by atoms with Crippen molar-refractivity contribution in [1.82, 2.24) is 9.78 Å². The van der Waals surface area contributed by atoms with Gasteiger partial charge in [0.15, 0.2) is 5.75 Å².